The molecule has 1 fully saturated rings. The van der Waals surface area contributed by atoms with Gasteiger partial charge in [-0.2, -0.15) is 0 Å². The van der Waals surface area contributed by atoms with Gasteiger partial charge in [-0.25, -0.2) is 0 Å². The van der Waals surface area contributed by atoms with Crippen molar-refractivity contribution in [2.75, 3.05) is 19.0 Å². The molecule has 0 radical (unpaired) electrons. The summed E-state index contributed by atoms with van der Waals surface area (Å²) >= 11 is 0.723. The number of benzene rings is 2. The SMILES string of the molecule is COc1cc(/C=C2/SC(=O)N(CC(=O)Nc3ccc(C)cc3C)C2=O)ccc1O[C@H](C)C(=O)[O-]. The number of carboxylic acid groups (broad SMARTS) is 1. The van der Waals surface area contributed by atoms with Gasteiger partial charge in [-0.05, 0) is 67.9 Å². The van der Waals surface area contributed by atoms with E-state index in [-0.39, 0.29) is 16.4 Å². The highest BCUT2D eigenvalue weighted by Crippen LogP contribution is 2.34. The average molecular weight is 484 g/mol. The van der Waals surface area contributed by atoms with E-state index >= 15 is 0 Å². The van der Waals surface area contributed by atoms with Crippen LogP contribution in [0.25, 0.3) is 6.08 Å². The average Bonchev–Trinajstić information content (AvgIpc) is 3.03. The van der Waals surface area contributed by atoms with Crippen molar-refractivity contribution < 1.29 is 33.8 Å². The Morgan fingerprint density at radius 1 is 1.15 bits per heavy atom. The fraction of sp³-hybridized carbons (Fsp3) is 0.250. The zero-order valence-corrected chi connectivity index (χ0v) is 19.9. The predicted octanol–water partition coefficient (Wildman–Crippen LogP) is 2.50. The third kappa shape index (κ3) is 5.76. The Bertz CT molecular complexity index is 1190. The van der Waals surface area contributed by atoms with E-state index in [9.17, 15) is 24.3 Å². The van der Waals surface area contributed by atoms with Gasteiger partial charge in [0.1, 0.15) is 12.6 Å². The van der Waals surface area contributed by atoms with Crippen LogP contribution in [0.3, 0.4) is 0 Å². The number of aliphatic carboxylic acids is 1. The molecule has 0 bridgehead atoms. The summed E-state index contributed by atoms with van der Waals surface area (Å²) in [5.74, 6) is -2.01. The highest BCUT2D eigenvalue weighted by molar-refractivity contribution is 8.18. The van der Waals surface area contributed by atoms with E-state index in [1.165, 1.54) is 32.2 Å². The highest BCUT2D eigenvalue weighted by atomic mass is 32.2. The first-order valence-corrected chi connectivity index (χ1v) is 11.1. The van der Waals surface area contributed by atoms with Crippen molar-refractivity contribution in [3.8, 4) is 11.5 Å². The number of nitrogens with zero attached hydrogens (tertiary/aromatic N) is 1. The molecular weight excluding hydrogens is 460 g/mol. The maximum Gasteiger partial charge on any atom is 0.294 e. The van der Waals surface area contributed by atoms with Gasteiger partial charge >= 0.3 is 0 Å². The summed E-state index contributed by atoms with van der Waals surface area (Å²) in [5.41, 5.74) is 3.06. The first-order chi connectivity index (χ1) is 16.1. The number of anilines is 1. The molecule has 3 amide bonds. The Balaban J connectivity index is 1.72. The van der Waals surface area contributed by atoms with Gasteiger partial charge in [0.2, 0.25) is 5.91 Å². The maximum absolute atomic E-state index is 12.8. The number of hydrogen-bond donors (Lipinski definition) is 1. The Kier molecular flexibility index (Phi) is 7.62. The number of rotatable bonds is 8. The van der Waals surface area contributed by atoms with Crippen molar-refractivity contribution in [1.82, 2.24) is 4.90 Å². The quantitative estimate of drug-likeness (QED) is 0.568. The molecule has 178 valence electrons. The van der Waals surface area contributed by atoms with E-state index in [4.69, 9.17) is 9.47 Å². The van der Waals surface area contributed by atoms with Crippen molar-refractivity contribution in [1.29, 1.82) is 0 Å². The van der Waals surface area contributed by atoms with Crippen LogP contribution in [0.1, 0.15) is 23.6 Å². The summed E-state index contributed by atoms with van der Waals surface area (Å²) in [6.45, 7) is 4.71. The third-order valence-electron chi connectivity index (χ3n) is 4.95. The molecule has 3 rings (SSSR count). The first-order valence-electron chi connectivity index (χ1n) is 10.3. The minimum Gasteiger partial charge on any atom is -0.546 e. The zero-order valence-electron chi connectivity index (χ0n) is 19.0. The van der Waals surface area contributed by atoms with Crippen molar-refractivity contribution in [3.05, 3.63) is 58.0 Å². The Morgan fingerprint density at radius 2 is 1.88 bits per heavy atom. The van der Waals surface area contributed by atoms with Crippen molar-refractivity contribution in [2.45, 2.75) is 26.9 Å². The molecule has 0 aliphatic carbocycles. The van der Waals surface area contributed by atoms with Gasteiger partial charge in [-0.15, -0.1) is 0 Å². The van der Waals surface area contributed by atoms with E-state index in [1.807, 2.05) is 26.0 Å². The fourth-order valence-electron chi connectivity index (χ4n) is 3.18. The molecule has 2 aromatic rings. The van der Waals surface area contributed by atoms with Crippen LogP contribution in [0.4, 0.5) is 10.5 Å². The molecule has 1 N–H and O–H groups in total. The summed E-state index contributed by atoms with van der Waals surface area (Å²) in [5, 5.41) is 13.1. The number of thioether (sulfide) groups is 1. The third-order valence-corrected chi connectivity index (χ3v) is 5.86. The van der Waals surface area contributed by atoms with Crippen LogP contribution >= 0.6 is 11.8 Å². The van der Waals surface area contributed by atoms with Crippen molar-refractivity contribution in [3.63, 3.8) is 0 Å². The van der Waals surface area contributed by atoms with Gasteiger partial charge in [0, 0.05) is 5.69 Å². The predicted molar refractivity (Wildman–Crippen MR) is 125 cm³/mol. The lowest BCUT2D eigenvalue weighted by Gasteiger charge is -2.17. The minimum absolute atomic E-state index is 0.142. The van der Waals surface area contributed by atoms with Crippen LogP contribution < -0.4 is 19.9 Å². The summed E-state index contributed by atoms with van der Waals surface area (Å²) < 4.78 is 10.5. The maximum atomic E-state index is 12.8. The van der Waals surface area contributed by atoms with E-state index in [2.05, 4.69) is 5.32 Å². The summed E-state index contributed by atoms with van der Waals surface area (Å²) in [4.78, 5) is 49.6. The molecule has 1 heterocycles. The van der Waals surface area contributed by atoms with Gasteiger partial charge in [0.15, 0.2) is 11.5 Å². The number of carbonyl (C=O) groups is 4. The molecule has 10 heteroatoms. The lowest BCUT2D eigenvalue weighted by Crippen LogP contribution is -2.37. The molecule has 2 aromatic carbocycles. The molecule has 0 saturated carbocycles. The second-order valence-electron chi connectivity index (χ2n) is 7.62. The molecule has 1 aliphatic rings. The van der Waals surface area contributed by atoms with Crippen molar-refractivity contribution >= 4 is 46.5 Å². The number of nitrogens with one attached hydrogen (secondary N) is 1. The molecule has 0 unspecified atom stereocenters. The second-order valence-corrected chi connectivity index (χ2v) is 8.62. The number of hydrogen-bond acceptors (Lipinski definition) is 8. The van der Waals surface area contributed by atoms with Crippen LogP contribution in [0.5, 0.6) is 11.5 Å². The van der Waals surface area contributed by atoms with Crippen LogP contribution in [0.2, 0.25) is 0 Å². The van der Waals surface area contributed by atoms with Gasteiger partial charge in [0.25, 0.3) is 11.1 Å². The fourth-order valence-corrected chi connectivity index (χ4v) is 4.02. The Labute approximate surface area is 200 Å². The van der Waals surface area contributed by atoms with E-state index in [0.29, 0.717) is 11.3 Å². The molecule has 9 nitrogen and oxygen atoms in total. The monoisotopic (exact) mass is 483 g/mol. The number of methoxy groups -OCH3 is 1. The first kappa shape index (κ1) is 24.8. The number of amides is 3. The number of aryl methyl sites for hydroxylation is 2. The molecule has 34 heavy (non-hydrogen) atoms. The van der Waals surface area contributed by atoms with Gasteiger partial charge in [0.05, 0.1) is 18.0 Å². The summed E-state index contributed by atoms with van der Waals surface area (Å²) in [6, 6.07) is 10.2. The van der Waals surface area contributed by atoms with Crippen LogP contribution in [0.15, 0.2) is 41.3 Å². The van der Waals surface area contributed by atoms with E-state index in [1.54, 1.807) is 12.1 Å². The normalized spacial score (nSPS) is 15.4. The molecular formula is C24H23N2O7S-. The molecule has 1 saturated heterocycles. The Morgan fingerprint density at radius 3 is 2.53 bits per heavy atom. The van der Waals surface area contributed by atoms with Crippen molar-refractivity contribution in [2.24, 2.45) is 0 Å². The summed E-state index contributed by atoms with van der Waals surface area (Å²) in [7, 11) is 1.39. The van der Waals surface area contributed by atoms with Gasteiger partial charge in [-0.1, -0.05) is 23.8 Å². The largest absolute Gasteiger partial charge is 0.546 e. The zero-order chi connectivity index (χ0) is 25.0. The minimum atomic E-state index is -1.37. The standard InChI is InChI=1S/C24H24N2O7S/c1-13-5-7-17(14(2)9-13)25-21(27)12-26-22(28)20(34-24(26)31)11-16-6-8-18(19(10-16)32-4)33-15(3)23(29)30/h5-11,15H,12H2,1-4H3,(H,25,27)(H,29,30)/p-1/b20-11+/t15-/m1/s1. The number of ether oxygens (including phenoxy) is 2. The van der Waals surface area contributed by atoms with E-state index in [0.717, 1.165) is 27.8 Å². The number of imide groups is 1. The second kappa shape index (κ2) is 10.4. The van der Waals surface area contributed by atoms with Crippen LogP contribution in [-0.2, 0) is 14.4 Å². The number of carboxylic acids is 1. The van der Waals surface area contributed by atoms with Gasteiger partial charge in [-0.3, -0.25) is 19.3 Å². The van der Waals surface area contributed by atoms with E-state index < -0.39 is 35.7 Å². The lowest BCUT2D eigenvalue weighted by atomic mass is 10.1. The summed E-state index contributed by atoms with van der Waals surface area (Å²) in [6.07, 6.45) is 0.299. The molecule has 1 atom stereocenters. The van der Waals surface area contributed by atoms with Crippen LogP contribution in [0, 0.1) is 13.8 Å². The topological polar surface area (TPSA) is 125 Å². The van der Waals surface area contributed by atoms with Crippen LogP contribution in [-0.4, -0.2) is 47.7 Å². The molecule has 1 aliphatic heterocycles. The molecule has 0 spiro atoms. The molecule has 0 aromatic heterocycles. The lowest BCUT2D eigenvalue weighted by molar-refractivity contribution is -0.312. The van der Waals surface area contributed by atoms with Gasteiger partial charge < -0.3 is 24.7 Å². The number of carbonyl (C=O) groups excluding carboxylic acids is 4. The smallest absolute Gasteiger partial charge is 0.294 e. The Hall–Kier alpha value is -3.79. The highest BCUT2D eigenvalue weighted by Gasteiger charge is 2.36.